The highest BCUT2D eigenvalue weighted by atomic mass is 79.9. The van der Waals surface area contributed by atoms with Crippen LogP contribution in [-0.4, -0.2) is 24.3 Å². The van der Waals surface area contributed by atoms with Crippen molar-refractivity contribution in [3.63, 3.8) is 0 Å². The average molecular weight is 258 g/mol. The van der Waals surface area contributed by atoms with Crippen molar-refractivity contribution in [3.05, 3.63) is 22.7 Å². The molecule has 1 aliphatic heterocycles. The van der Waals surface area contributed by atoms with E-state index in [9.17, 15) is 5.11 Å². The maximum atomic E-state index is 9.58. The number of aromatic hydroxyl groups is 1. The number of ether oxygens (including phenoxy) is 1. The van der Waals surface area contributed by atoms with E-state index in [-0.39, 0.29) is 11.9 Å². The number of benzene rings is 1. The van der Waals surface area contributed by atoms with E-state index in [0.29, 0.717) is 5.75 Å². The summed E-state index contributed by atoms with van der Waals surface area (Å²) in [6.45, 7) is 1.84. The van der Waals surface area contributed by atoms with Crippen molar-refractivity contribution in [3.8, 4) is 11.5 Å². The SMILES string of the molecule is Oc1cc(Br)ccc1OC1CCNC1. The lowest BCUT2D eigenvalue weighted by molar-refractivity contribution is 0.214. The molecule has 2 N–H and O–H groups in total. The minimum Gasteiger partial charge on any atom is -0.504 e. The summed E-state index contributed by atoms with van der Waals surface area (Å²) in [6.07, 6.45) is 1.18. The first-order valence-corrected chi connectivity index (χ1v) is 5.41. The predicted molar refractivity (Wildman–Crippen MR) is 57.7 cm³/mol. The van der Waals surface area contributed by atoms with Crippen LogP contribution < -0.4 is 10.1 Å². The largest absolute Gasteiger partial charge is 0.504 e. The molecule has 1 aliphatic rings. The Morgan fingerprint density at radius 2 is 2.36 bits per heavy atom. The van der Waals surface area contributed by atoms with Gasteiger partial charge in [0.2, 0.25) is 0 Å². The molecule has 2 rings (SSSR count). The van der Waals surface area contributed by atoms with Crippen LogP contribution >= 0.6 is 15.9 Å². The average Bonchev–Trinajstić information content (AvgIpc) is 2.62. The third-order valence-corrected chi connectivity index (χ3v) is 2.72. The van der Waals surface area contributed by atoms with E-state index in [1.165, 1.54) is 0 Å². The van der Waals surface area contributed by atoms with Crippen molar-refractivity contribution in [2.24, 2.45) is 0 Å². The van der Waals surface area contributed by atoms with Crippen molar-refractivity contribution in [2.45, 2.75) is 12.5 Å². The summed E-state index contributed by atoms with van der Waals surface area (Å²) in [4.78, 5) is 0. The highest BCUT2D eigenvalue weighted by Crippen LogP contribution is 2.30. The fourth-order valence-electron chi connectivity index (χ4n) is 1.50. The Bertz CT molecular complexity index is 324. The maximum absolute atomic E-state index is 9.58. The first-order chi connectivity index (χ1) is 6.75. The molecule has 1 saturated heterocycles. The smallest absolute Gasteiger partial charge is 0.161 e. The van der Waals surface area contributed by atoms with Crippen LogP contribution in [0.1, 0.15) is 6.42 Å². The summed E-state index contributed by atoms with van der Waals surface area (Å²) in [6, 6.07) is 5.27. The second-order valence-electron chi connectivity index (χ2n) is 3.34. The molecule has 1 aromatic rings. The molecule has 1 fully saturated rings. The third-order valence-electron chi connectivity index (χ3n) is 2.23. The molecule has 0 radical (unpaired) electrons. The highest BCUT2D eigenvalue weighted by molar-refractivity contribution is 9.10. The third kappa shape index (κ3) is 2.19. The number of nitrogens with one attached hydrogen (secondary N) is 1. The molecule has 0 aliphatic carbocycles. The van der Waals surface area contributed by atoms with E-state index in [4.69, 9.17) is 4.74 Å². The highest BCUT2D eigenvalue weighted by Gasteiger charge is 2.17. The van der Waals surface area contributed by atoms with Gasteiger partial charge in [-0.3, -0.25) is 0 Å². The van der Waals surface area contributed by atoms with Gasteiger partial charge in [-0.1, -0.05) is 15.9 Å². The molecule has 1 atom stereocenters. The van der Waals surface area contributed by atoms with Crippen molar-refractivity contribution in [1.29, 1.82) is 0 Å². The number of rotatable bonds is 2. The quantitative estimate of drug-likeness (QED) is 0.851. The molecule has 0 bridgehead atoms. The van der Waals surface area contributed by atoms with Crippen molar-refractivity contribution < 1.29 is 9.84 Å². The van der Waals surface area contributed by atoms with Gasteiger partial charge >= 0.3 is 0 Å². The number of hydrogen-bond donors (Lipinski definition) is 2. The first-order valence-electron chi connectivity index (χ1n) is 4.61. The van der Waals surface area contributed by atoms with E-state index < -0.39 is 0 Å². The summed E-state index contributed by atoms with van der Waals surface area (Å²) < 4.78 is 6.48. The minimum absolute atomic E-state index is 0.182. The van der Waals surface area contributed by atoms with Crippen LogP contribution in [0.4, 0.5) is 0 Å². The lowest BCUT2D eigenvalue weighted by Gasteiger charge is -2.13. The Hall–Kier alpha value is -0.740. The molecule has 0 amide bonds. The number of halogens is 1. The van der Waals surface area contributed by atoms with Crippen LogP contribution in [0.5, 0.6) is 11.5 Å². The van der Waals surface area contributed by atoms with Crippen molar-refractivity contribution >= 4 is 15.9 Å². The number of hydrogen-bond acceptors (Lipinski definition) is 3. The van der Waals surface area contributed by atoms with Gasteiger partial charge < -0.3 is 15.2 Å². The zero-order valence-corrected chi connectivity index (χ0v) is 9.25. The topological polar surface area (TPSA) is 41.5 Å². The summed E-state index contributed by atoms with van der Waals surface area (Å²) >= 11 is 3.28. The Morgan fingerprint density at radius 3 is 3.00 bits per heavy atom. The summed E-state index contributed by atoms with van der Waals surface area (Å²) in [5.41, 5.74) is 0. The van der Waals surface area contributed by atoms with Crippen molar-refractivity contribution in [2.75, 3.05) is 13.1 Å². The summed E-state index contributed by atoms with van der Waals surface area (Å²) in [5, 5.41) is 12.8. The number of phenols is 1. The Balaban J connectivity index is 2.08. The van der Waals surface area contributed by atoms with Gasteiger partial charge in [-0.25, -0.2) is 0 Å². The molecular weight excluding hydrogens is 246 g/mol. The molecule has 3 nitrogen and oxygen atoms in total. The van der Waals surface area contributed by atoms with Gasteiger partial charge in [0.25, 0.3) is 0 Å². The summed E-state index contributed by atoms with van der Waals surface area (Å²) in [7, 11) is 0. The Kier molecular flexibility index (Phi) is 2.93. The minimum atomic E-state index is 0.182. The van der Waals surface area contributed by atoms with Crippen LogP contribution in [-0.2, 0) is 0 Å². The van der Waals surface area contributed by atoms with Crippen LogP contribution in [0.15, 0.2) is 22.7 Å². The molecule has 76 valence electrons. The molecule has 0 saturated carbocycles. The molecule has 14 heavy (non-hydrogen) atoms. The van der Waals surface area contributed by atoms with Gasteiger partial charge in [0, 0.05) is 11.0 Å². The molecule has 1 heterocycles. The molecule has 0 aromatic heterocycles. The Labute approximate surface area is 91.2 Å². The molecular formula is C10H12BrNO2. The number of phenolic OH excluding ortho intramolecular Hbond substituents is 1. The van der Waals surface area contributed by atoms with Crippen LogP contribution in [0, 0.1) is 0 Å². The van der Waals surface area contributed by atoms with Crippen LogP contribution in [0.2, 0.25) is 0 Å². The molecule has 0 spiro atoms. The van der Waals surface area contributed by atoms with Crippen LogP contribution in [0.25, 0.3) is 0 Å². The monoisotopic (exact) mass is 257 g/mol. The molecule has 1 aromatic carbocycles. The molecule has 1 unspecified atom stereocenters. The van der Waals surface area contributed by atoms with Gasteiger partial charge in [-0.05, 0) is 31.2 Å². The van der Waals surface area contributed by atoms with Gasteiger partial charge in [0.1, 0.15) is 6.10 Å². The normalized spacial score (nSPS) is 21.1. The molecule has 4 heteroatoms. The lowest BCUT2D eigenvalue weighted by atomic mass is 10.3. The van der Waals surface area contributed by atoms with Crippen LogP contribution in [0.3, 0.4) is 0 Å². The summed E-state index contributed by atoms with van der Waals surface area (Å²) in [5.74, 6) is 0.744. The van der Waals surface area contributed by atoms with E-state index >= 15 is 0 Å². The van der Waals surface area contributed by atoms with Gasteiger partial charge in [-0.15, -0.1) is 0 Å². The standard InChI is InChI=1S/C10H12BrNO2/c11-7-1-2-10(9(13)5-7)14-8-3-4-12-6-8/h1-2,5,8,12-13H,3-4,6H2. The fraction of sp³-hybridized carbons (Fsp3) is 0.400. The zero-order chi connectivity index (χ0) is 9.97. The first kappa shape index (κ1) is 9.80. The Morgan fingerprint density at radius 1 is 1.50 bits per heavy atom. The fourth-order valence-corrected chi connectivity index (χ4v) is 1.85. The zero-order valence-electron chi connectivity index (χ0n) is 7.66. The second-order valence-corrected chi connectivity index (χ2v) is 4.26. The van der Waals surface area contributed by atoms with E-state index in [1.807, 2.05) is 6.07 Å². The van der Waals surface area contributed by atoms with Gasteiger partial charge in [0.05, 0.1) is 0 Å². The van der Waals surface area contributed by atoms with Crippen molar-refractivity contribution in [1.82, 2.24) is 5.32 Å². The maximum Gasteiger partial charge on any atom is 0.161 e. The lowest BCUT2D eigenvalue weighted by Crippen LogP contribution is -2.19. The van der Waals surface area contributed by atoms with Gasteiger partial charge in [0.15, 0.2) is 11.5 Å². The van der Waals surface area contributed by atoms with E-state index in [2.05, 4.69) is 21.2 Å². The van der Waals surface area contributed by atoms with E-state index in [1.54, 1.807) is 12.1 Å². The van der Waals surface area contributed by atoms with E-state index in [0.717, 1.165) is 24.0 Å². The predicted octanol–water partition coefficient (Wildman–Crippen LogP) is 1.90. The van der Waals surface area contributed by atoms with Gasteiger partial charge in [-0.2, -0.15) is 0 Å². The second kappa shape index (κ2) is 4.19.